The molecule has 3 N–H and O–H groups in total. The van der Waals surface area contributed by atoms with Crippen LogP contribution in [0, 0.1) is 23.2 Å². The Morgan fingerprint density at radius 2 is 2.00 bits per heavy atom. The van der Waals surface area contributed by atoms with Crippen molar-refractivity contribution in [3.8, 4) is 0 Å². The Hall–Kier alpha value is -0.950. The number of cyclic esters (lactones) is 1. The minimum atomic E-state index is -1.31. The van der Waals surface area contributed by atoms with Crippen molar-refractivity contribution in [2.45, 2.75) is 76.0 Å². The summed E-state index contributed by atoms with van der Waals surface area (Å²) in [6, 6.07) is 0. The summed E-state index contributed by atoms with van der Waals surface area (Å²) >= 11 is 0. The fourth-order valence-electron chi connectivity index (χ4n) is 7.07. The summed E-state index contributed by atoms with van der Waals surface area (Å²) in [5.74, 6) is -0.126. The SMILES string of the molecule is CC(C)C1C[C@@H]2OC23[C@@]2(C)C[C@H](O)C4=C(COC4=O)C2CC[C@@]3(O)[C@@H]1O. The highest BCUT2D eigenvalue weighted by molar-refractivity contribution is 5.93. The summed E-state index contributed by atoms with van der Waals surface area (Å²) in [5.41, 5.74) is -1.39. The second-order valence-corrected chi connectivity index (χ2v) is 9.60. The van der Waals surface area contributed by atoms with E-state index in [-0.39, 0.29) is 30.5 Å². The molecule has 0 bridgehead atoms. The highest BCUT2D eigenvalue weighted by Gasteiger charge is 2.84. The van der Waals surface area contributed by atoms with E-state index in [1.54, 1.807) is 0 Å². The van der Waals surface area contributed by atoms with Crippen LogP contribution < -0.4 is 0 Å². The number of rotatable bonds is 1. The summed E-state index contributed by atoms with van der Waals surface area (Å²) in [4.78, 5) is 12.0. The molecule has 2 heterocycles. The summed E-state index contributed by atoms with van der Waals surface area (Å²) in [7, 11) is 0. The van der Waals surface area contributed by atoms with E-state index in [1.807, 2.05) is 0 Å². The smallest absolute Gasteiger partial charge is 0.337 e. The van der Waals surface area contributed by atoms with Crippen LogP contribution in [-0.4, -0.2) is 57.4 Å². The van der Waals surface area contributed by atoms with Crippen molar-refractivity contribution in [2.75, 3.05) is 6.61 Å². The number of esters is 1. The molecule has 3 unspecified atom stereocenters. The van der Waals surface area contributed by atoms with E-state index < -0.39 is 34.8 Å². The average Bonchev–Trinajstić information content (AvgIpc) is 3.20. The predicted octanol–water partition coefficient (Wildman–Crippen LogP) is 0.926. The highest BCUT2D eigenvalue weighted by atomic mass is 16.6. The lowest BCUT2D eigenvalue weighted by molar-refractivity contribution is -0.223. The minimum Gasteiger partial charge on any atom is -0.458 e. The fraction of sp³-hybridized carbons (Fsp3) is 0.850. The van der Waals surface area contributed by atoms with Gasteiger partial charge in [0.15, 0.2) is 0 Å². The second kappa shape index (κ2) is 4.90. The van der Waals surface area contributed by atoms with Crippen molar-refractivity contribution < 1.29 is 29.6 Å². The maximum Gasteiger partial charge on any atom is 0.337 e. The number of fused-ring (bicyclic) bond motifs is 2. The first-order valence-electron chi connectivity index (χ1n) is 9.84. The van der Waals surface area contributed by atoms with Crippen molar-refractivity contribution in [1.29, 1.82) is 0 Å². The first kappa shape index (κ1) is 17.2. The molecule has 5 rings (SSSR count). The zero-order valence-corrected chi connectivity index (χ0v) is 15.6. The zero-order valence-electron chi connectivity index (χ0n) is 15.6. The Labute approximate surface area is 153 Å². The maximum absolute atomic E-state index is 12.0. The molecule has 1 saturated heterocycles. The third kappa shape index (κ3) is 1.66. The van der Waals surface area contributed by atoms with Gasteiger partial charge < -0.3 is 24.8 Å². The van der Waals surface area contributed by atoms with Gasteiger partial charge in [0.25, 0.3) is 0 Å². The molecule has 144 valence electrons. The minimum absolute atomic E-state index is 0.000423. The molecule has 2 saturated carbocycles. The lowest BCUT2D eigenvalue weighted by atomic mass is 9.45. The van der Waals surface area contributed by atoms with E-state index in [0.29, 0.717) is 24.8 Å². The molecule has 6 heteroatoms. The number of aliphatic hydroxyl groups excluding tert-OH is 2. The van der Waals surface area contributed by atoms with Crippen molar-refractivity contribution in [3.63, 3.8) is 0 Å². The van der Waals surface area contributed by atoms with Crippen LogP contribution >= 0.6 is 0 Å². The normalized spacial score (nSPS) is 55.0. The topological polar surface area (TPSA) is 99.5 Å². The molecule has 8 atom stereocenters. The molecule has 1 spiro atoms. The van der Waals surface area contributed by atoms with Gasteiger partial charge in [0.2, 0.25) is 0 Å². The van der Waals surface area contributed by atoms with Crippen LogP contribution in [0.25, 0.3) is 0 Å². The summed E-state index contributed by atoms with van der Waals surface area (Å²) in [6.07, 6.45) is 0.327. The zero-order chi connectivity index (χ0) is 18.6. The van der Waals surface area contributed by atoms with Crippen molar-refractivity contribution in [1.82, 2.24) is 0 Å². The molecular weight excluding hydrogens is 336 g/mol. The molecule has 5 aliphatic rings. The molecule has 2 aliphatic heterocycles. The second-order valence-electron chi connectivity index (χ2n) is 9.60. The molecule has 0 aromatic rings. The van der Waals surface area contributed by atoms with E-state index in [1.165, 1.54) is 0 Å². The number of carbonyl (C=O) groups excluding carboxylic acids is 1. The van der Waals surface area contributed by atoms with Gasteiger partial charge >= 0.3 is 5.97 Å². The van der Waals surface area contributed by atoms with Crippen LogP contribution in [0.2, 0.25) is 0 Å². The number of hydrogen-bond acceptors (Lipinski definition) is 6. The Morgan fingerprint density at radius 3 is 2.69 bits per heavy atom. The first-order chi connectivity index (χ1) is 12.2. The number of epoxide rings is 1. The number of carbonyl (C=O) groups is 1. The standard InChI is InChI=1S/C20H28O6/c1-9(2)10-6-14-20(26-14)18(3)7-13(21)15-11(8-25-17(15)23)12(18)4-5-19(20,24)16(10)22/h9-10,12-14,16,21-22,24H,4-8H2,1-3H3/t10?,12?,13-,14-,16+,18-,19+,20?/m0/s1. The first-order valence-corrected chi connectivity index (χ1v) is 9.84. The van der Waals surface area contributed by atoms with Gasteiger partial charge in [-0.25, -0.2) is 4.79 Å². The average molecular weight is 364 g/mol. The van der Waals surface area contributed by atoms with E-state index in [0.717, 1.165) is 12.0 Å². The maximum atomic E-state index is 12.0. The van der Waals surface area contributed by atoms with Gasteiger partial charge in [-0.15, -0.1) is 0 Å². The number of aliphatic hydroxyl groups is 3. The summed E-state index contributed by atoms with van der Waals surface area (Å²) in [5, 5.41) is 33.5. The van der Waals surface area contributed by atoms with Gasteiger partial charge in [0.1, 0.15) is 17.8 Å². The quantitative estimate of drug-likeness (QED) is 0.473. The van der Waals surface area contributed by atoms with Crippen LogP contribution in [0.15, 0.2) is 11.1 Å². The molecule has 3 fully saturated rings. The van der Waals surface area contributed by atoms with Crippen molar-refractivity contribution >= 4 is 5.97 Å². The number of hydrogen-bond donors (Lipinski definition) is 3. The molecule has 0 aromatic heterocycles. The number of ether oxygens (including phenoxy) is 2. The fourth-order valence-corrected chi connectivity index (χ4v) is 7.07. The molecule has 3 aliphatic carbocycles. The Balaban J connectivity index is 1.61. The van der Waals surface area contributed by atoms with Gasteiger partial charge in [-0.1, -0.05) is 20.8 Å². The Morgan fingerprint density at radius 1 is 1.27 bits per heavy atom. The summed E-state index contributed by atoms with van der Waals surface area (Å²) < 4.78 is 11.5. The highest BCUT2D eigenvalue weighted by Crippen LogP contribution is 2.73. The van der Waals surface area contributed by atoms with E-state index in [4.69, 9.17) is 9.47 Å². The van der Waals surface area contributed by atoms with Gasteiger partial charge in [-0.2, -0.15) is 0 Å². The molecule has 6 nitrogen and oxygen atoms in total. The van der Waals surface area contributed by atoms with Crippen LogP contribution in [0.3, 0.4) is 0 Å². The van der Waals surface area contributed by atoms with E-state index >= 15 is 0 Å². The molecule has 26 heavy (non-hydrogen) atoms. The van der Waals surface area contributed by atoms with E-state index in [9.17, 15) is 20.1 Å². The molecule has 0 amide bonds. The molecular formula is C20H28O6. The van der Waals surface area contributed by atoms with Crippen LogP contribution in [0.4, 0.5) is 0 Å². The Kier molecular flexibility index (Phi) is 3.24. The monoisotopic (exact) mass is 364 g/mol. The van der Waals surface area contributed by atoms with Gasteiger partial charge in [0, 0.05) is 5.41 Å². The largest absolute Gasteiger partial charge is 0.458 e. The van der Waals surface area contributed by atoms with Crippen molar-refractivity contribution in [2.24, 2.45) is 23.2 Å². The van der Waals surface area contributed by atoms with Gasteiger partial charge in [-0.05, 0) is 49.0 Å². The lowest BCUT2D eigenvalue weighted by Gasteiger charge is -2.60. The summed E-state index contributed by atoms with van der Waals surface area (Å²) in [6.45, 7) is 6.42. The Bertz CT molecular complexity index is 715. The lowest BCUT2D eigenvalue weighted by Crippen LogP contribution is -2.72. The third-order valence-electron chi connectivity index (χ3n) is 8.33. The third-order valence-corrected chi connectivity index (χ3v) is 8.33. The van der Waals surface area contributed by atoms with Crippen LogP contribution in [-0.2, 0) is 14.3 Å². The molecule has 0 aromatic carbocycles. The molecule has 0 radical (unpaired) electrons. The van der Waals surface area contributed by atoms with Gasteiger partial charge in [-0.3, -0.25) is 0 Å². The van der Waals surface area contributed by atoms with Gasteiger partial charge in [0.05, 0.1) is 23.9 Å². The van der Waals surface area contributed by atoms with Crippen LogP contribution in [0.1, 0.15) is 46.5 Å². The van der Waals surface area contributed by atoms with Crippen molar-refractivity contribution in [3.05, 3.63) is 11.1 Å². The van der Waals surface area contributed by atoms with E-state index in [2.05, 4.69) is 20.8 Å². The van der Waals surface area contributed by atoms with Crippen LogP contribution in [0.5, 0.6) is 0 Å². The predicted molar refractivity (Wildman–Crippen MR) is 90.9 cm³/mol.